The third-order valence-electron chi connectivity index (χ3n) is 3.92. The summed E-state index contributed by atoms with van der Waals surface area (Å²) in [7, 11) is 0. The Bertz CT molecular complexity index is 694. The first kappa shape index (κ1) is 15.0. The van der Waals surface area contributed by atoms with E-state index in [-0.39, 0.29) is 0 Å². The number of aryl methyl sites for hydroxylation is 1. The number of benzene rings is 1. The van der Waals surface area contributed by atoms with Crippen molar-refractivity contribution >= 4 is 23.0 Å². The van der Waals surface area contributed by atoms with E-state index in [1.54, 1.807) is 0 Å². The summed E-state index contributed by atoms with van der Waals surface area (Å²) in [5.74, 6) is 1.30. The predicted molar refractivity (Wildman–Crippen MR) is 90.5 cm³/mol. The lowest BCUT2D eigenvalue weighted by Crippen LogP contribution is -2.28. The van der Waals surface area contributed by atoms with Crippen LogP contribution >= 0.6 is 11.6 Å². The number of nitrogens with zero attached hydrogens (tertiary/aromatic N) is 3. The van der Waals surface area contributed by atoms with Crippen LogP contribution in [-0.4, -0.2) is 28.0 Å². The second-order valence-electron chi connectivity index (χ2n) is 5.55. The molecule has 5 heteroatoms. The lowest BCUT2D eigenvalue weighted by atomic mass is 9.99. The van der Waals surface area contributed by atoms with Gasteiger partial charge in [0.15, 0.2) is 0 Å². The average Bonchev–Trinajstić information content (AvgIpc) is 2.52. The van der Waals surface area contributed by atoms with E-state index in [2.05, 4.69) is 33.1 Å². The highest BCUT2D eigenvalue weighted by Crippen LogP contribution is 2.24. The lowest BCUT2D eigenvalue weighted by Gasteiger charge is -2.26. The molecule has 4 nitrogen and oxygen atoms in total. The van der Waals surface area contributed by atoms with Gasteiger partial charge in [-0.05, 0) is 36.6 Å². The molecule has 0 aliphatic carbocycles. The fourth-order valence-corrected chi connectivity index (χ4v) is 2.78. The smallest absolute Gasteiger partial charge is 0.131 e. The van der Waals surface area contributed by atoms with Gasteiger partial charge in [0.25, 0.3) is 0 Å². The number of nitrogen functional groups attached to an aromatic ring is 1. The van der Waals surface area contributed by atoms with E-state index in [1.165, 1.54) is 11.1 Å². The van der Waals surface area contributed by atoms with E-state index >= 15 is 0 Å². The maximum Gasteiger partial charge on any atom is 0.131 e. The van der Waals surface area contributed by atoms with Crippen LogP contribution < -0.4 is 5.73 Å². The van der Waals surface area contributed by atoms with Crippen molar-refractivity contribution < 1.29 is 0 Å². The predicted octanol–water partition coefficient (Wildman–Crippen LogP) is 3.31. The van der Waals surface area contributed by atoms with Gasteiger partial charge in [0.1, 0.15) is 11.6 Å². The average molecular weight is 315 g/mol. The molecule has 0 bridgehead atoms. The number of anilines is 1. The van der Waals surface area contributed by atoms with Gasteiger partial charge in [0.2, 0.25) is 0 Å². The van der Waals surface area contributed by atoms with E-state index in [0.717, 1.165) is 36.6 Å². The molecule has 0 unspecified atom stereocenters. The van der Waals surface area contributed by atoms with Crippen LogP contribution in [0.25, 0.3) is 5.57 Å². The molecule has 2 N–H and O–H groups in total. The third-order valence-corrected chi connectivity index (χ3v) is 4.17. The van der Waals surface area contributed by atoms with Crippen molar-refractivity contribution in [3.63, 3.8) is 0 Å². The number of aromatic nitrogens is 2. The third kappa shape index (κ3) is 3.46. The largest absolute Gasteiger partial charge is 0.383 e. The van der Waals surface area contributed by atoms with Crippen LogP contribution in [0.1, 0.15) is 23.4 Å². The van der Waals surface area contributed by atoms with Gasteiger partial charge < -0.3 is 5.73 Å². The fourth-order valence-electron chi connectivity index (χ4n) is 2.66. The summed E-state index contributed by atoms with van der Waals surface area (Å²) in [5.41, 5.74) is 9.59. The highest BCUT2D eigenvalue weighted by Gasteiger charge is 2.15. The number of nitrogens with two attached hydrogens (primary N) is 1. The van der Waals surface area contributed by atoms with Gasteiger partial charge in [0.05, 0.1) is 0 Å². The molecule has 0 saturated carbocycles. The maximum atomic E-state index is 5.97. The molecule has 0 spiro atoms. The highest BCUT2D eigenvalue weighted by molar-refractivity contribution is 6.30. The van der Waals surface area contributed by atoms with Crippen LogP contribution in [0, 0.1) is 6.92 Å². The van der Waals surface area contributed by atoms with Crippen LogP contribution in [0.3, 0.4) is 0 Å². The molecule has 0 amide bonds. The Morgan fingerprint density at radius 1 is 1.27 bits per heavy atom. The molecular formula is C17H19ClN4. The molecule has 1 aliphatic heterocycles. The molecule has 22 heavy (non-hydrogen) atoms. The molecule has 0 atom stereocenters. The van der Waals surface area contributed by atoms with Crippen LogP contribution in [0.15, 0.2) is 36.5 Å². The van der Waals surface area contributed by atoms with Crippen molar-refractivity contribution in [1.29, 1.82) is 0 Å². The summed E-state index contributed by atoms with van der Waals surface area (Å²) < 4.78 is 0. The molecule has 3 rings (SSSR count). The van der Waals surface area contributed by atoms with Crippen LogP contribution in [-0.2, 0) is 6.54 Å². The quantitative estimate of drug-likeness (QED) is 0.944. The maximum absolute atomic E-state index is 5.97. The Labute approximate surface area is 135 Å². The fraction of sp³-hybridized carbons (Fsp3) is 0.294. The summed E-state index contributed by atoms with van der Waals surface area (Å²) in [6, 6.07) is 8.04. The van der Waals surface area contributed by atoms with Crippen LogP contribution in [0.2, 0.25) is 5.02 Å². The van der Waals surface area contributed by atoms with Crippen molar-refractivity contribution in [2.75, 3.05) is 18.8 Å². The minimum absolute atomic E-state index is 0.583. The normalized spacial score (nSPS) is 15.6. The SMILES string of the molecule is Cc1ncc(CN2CC=C(c3ccc(Cl)cc3)CC2)c(N)n1. The number of rotatable bonds is 3. The van der Waals surface area contributed by atoms with Crippen molar-refractivity contribution in [2.45, 2.75) is 19.9 Å². The lowest BCUT2D eigenvalue weighted by molar-refractivity contribution is 0.293. The monoisotopic (exact) mass is 314 g/mol. The Morgan fingerprint density at radius 2 is 2.05 bits per heavy atom. The topological polar surface area (TPSA) is 55.0 Å². The molecule has 0 saturated heterocycles. The zero-order valence-electron chi connectivity index (χ0n) is 12.6. The zero-order chi connectivity index (χ0) is 15.5. The molecule has 0 radical (unpaired) electrons. The molecule has 1 aromatic carbocycles. The Morgan fingerprint density at radius 3 is 2.68 bits per heavy atom. The molecule has 0 fully saturated rings. The van der Waals surface area contributed by atoms with E-state index in [1.807, 2.05) is 25.3 Å². The number of hydrogen-bond acceptors (Lipinski definition) is 4. The van der Waals surface area contributed by atoms with Gasteiger partial charge in [-0.1, -0.05) is 29.8 Å². The molecule has 2 aromatic rings. The molecule has 114 valence electrons. The Balaban J connectivity index is 1.66. The summed E-state index contributed by atoms with van der Waals surface area (Å²) in [6.45, 7) is 4.55. The first-order valence-corrected chi connectivity index (χ1v) is 7.75. The minimum atomic E-state index is 0.583. The molecule has 1 aliphatic rings. The summed E-state index contributed by atoms with van der Waals surface area (Å²) in [4.78, 5) is 10.8. The Kier molecular flexibility index (Phi) is 4.41. The second kappa shape index (κ2) is 6.46. The minimum Gasteiger partial charge on any atom is -0.383 e. The van der Waals surface area contributed by atoms with Crippen molar-refractivity contribution in [1.82, 2.24) is 14.9 Å². The van der Waals surface area contributed by atoms with Crippen molar-refractivity contribution in [2.24, 2.45) is 0 Å². The molecular weight excluding hydrogens is 296 g/mol. The van der Waals surface area contributed by atoms with E-state index in [9.17, 15) is 0 Å². The van der Waals surface area contributed by atoms with Crippen molar-refractivity contribution in [3.05, 3.63) is 58.5 Å². The highest BCUT2D eigenvalue weighted by atomic mass is 35.5. The number of hydrogen-bond donors (Lipinski definition) is 1. The van der Waals surface area contributed by atoms with Crippen molar-refractivity contribution in [3.8, 4) is 0 Å². The van der Waals surface area contributed by atoms with Gasteiger partial charge in [-0.25, -0.2) is 9.97 Å². The van der Waals surface area contributed by atoms with Gasteiger partial charge >= 0.3 is 0 Å². The standard InChI is InChI=1S/C17H19ClN4/c1-12-20-10-15(17(19)21-12)11-22-8-6-14(7-9-22)13-2-4-16(18)5-3-13/h2-6,10H,7-9,11H2,1H3,(H2,19,20,21). The molecule has 2 heterocycles. The van der Waals surface area contributed by atoms with E-state index in [0.29, 0.717) is 11.6 Å². The van der Waals surface area contributed by atoms with Crippen LogP contribution in [0.4, 0.5) is 5.82 Å². The zero-order valence-corrected chi connectivity index (χ0v) is 13.3. The second-order valence-corrected chi connectivity index (χ2v) is 5.99. The van der Waals surface area contributed by atoms with Gasteiger partial charge in [-0.2, -0.15) is 0 Å². The summed E-state index contributed by atoms with van der Waals surface area (Å²) in [5, 5.41) is 0.775. The Hall–Kier alpha value is -1.91. The summed E-state index contributed by atoms with van der Waals surface area (Å²) >= 11 is 5.94. The first-order valence-electron chi connectivity index (χ1n) is 7.37. The van der Waals surface area contributed by atoms with Gasteiger partial charge in [0, 0.05) is 36.4 Å². The molecule has 1 aromatic heterocycles. The van der Waals surface area contributed by atoms with Crippen LogP contribution in [0.5, 0.6) is 0 Å². The van der Waals surface area contributed by atoms with E-state index in [4.69, 9.17) is 17.3 Å². The van der Waals surface area contributed by atoms with Gasteiger partial charge in [-0.3, -0.25) is 4.90 Å². The van der Waals surface area contributed by atoms with Gasteiger partial charge in [-0.15, -0.1) is 0 Å². The number of halogens is 1. The van der Waals surface area contributed by atoms with E-state index < -0.39 is 0 Å². The first-order chi connectivity index (χ1) is 10.6. The summed E-state index contributed by atoms with van der Waals surface area (Å²) in [6.07, 6.45) is 5.13.